The van der Waals surface area contributed by atoms with E-state index in [1.54, 1.807) is 11.3 Å². The maximum Gasteiger partial charge on any atom is 0.253 e. The van der Waals surface area contributed by atoms with Gasteiger partial charge in [-0.05, 0) is 33.4 Å². The Kier molecular flexibility index (Phi) is 3.75. The molecule has 2 rings (SSSR count). The molecule has 4 nitrogen and oxygen atoms in total. The van der Waals surface area contributed by atoms with Crippen molar-refractivity contribution in [3.63, 3.8) is 0 Å². The quantitative estimate of drug-likeness (QED) is 0.912. The monoisotopic (exact) mass is 312 g/mol. The minimum Gasteiger partial charge on any atom is -0.347 e. The molecule has 6 heteroatoms. The topological polar surface area (TPSA) is 62.0 Å². The maximum absolute atomic E-state index is 11.7. The number of H-pyrrole nitrogens is 1. The van der Waals surface area contributed by atoms with Crippen LogP contribution < -0.4 is 10.9 Å². The van der Waals surface area contributed by atoms with E-state index in [9.17, 15) is 9.59 Å². The van der Waals surface area contributed by atoms with Gasteiger partial charge in [-0.2, -0.15) is 0 Å². The van der Waals surface area contributed by atoms with Gasteiger partial charge in [0.05, 0.1) is 12.1 Å². The van der Waals surface area contributed by atoms with Crippen molar-refractivity contribution < 1.29 is 4.79 Å². The number of hydrogen-bond donors (Lipinski definition) is 2. The molecular weight excluding hydrogens is 304 g/mol. The first-order valence-electron chi connectivity index (χ1n) is 4.85. The van der Waals surface area contributed by atoms with Crippen LogP contribution in [0.15, 0.2) is 39.0 Å². The molecule has 0 aliphatic rings. The van der Waals surface area contributed by atoms with Gasteiger partial charge >= 0.3 is 0 Å². The number of amides is 1. The molecule has 2 aromatic heterocycles. The second-order valence-electron chi connectivity index (χ2n) is 3.32. The van der Waals surface area contributed by atoms with Gasteiger partial charge in [0.1, 0.15) is 0 Å². The van der Waals surface area contributed by atoms with Crippen LogP contribution in [0.5, 0.6) is 0 Å². The lowest BCUT2D eigenvalue weighted by Gasteiger charge is -2.03. The minimum absolute atomic E-state index is 0.207. The van der Waals surface area contributed by atoms with E-state index in [2.05, 4.69) is 26.2 Å². The van der Waals surface area contributed by atoms with E-state index in [1.165, 1.54) is 18.3 Å². The van der Waals surface area contributed by atoms with Crippen molar-refractivity contribution in [3.05, 3.63) is 55.0 Å². The van der Waals surface area contributed by atoms with Crippen LogP contribution in [0.25, 0.3) is 0 Å². The Morgan fingerprint density at radius 1 is 1.41 bits per heavy atom. The molecule has 0 saturated carbocycles. The summed E-state index contributed by atoms with van der Waals surface area (Å²) in [7, 11) is 0. The zero-order valence-corrected chi connectivity index (χ0v) is 11.1. The summed E-state index contributed by atoms with van der Waals surface area (Å²) in [5, 5.41) is 4.73. The second-order valence-corrected chi connectivity index (χ2v) is 5.17. The fourth-order valence-electron chi connectivity index (χ4n) is 1.27. The third-order valence-electron chi connectivity index (χ3n) is 2.15. The van der Waals surface area contributed by atoms with Gasteiger partial charge in [-0.25, -0.2) is 0 Å². The Hall–Kier alpha value is -1.40. The molecule has 0 aromatic carbocycles. The molecule has 2 aromatic rings. The Bertz CT molecular complexity index is 571. The Morgan fingerprint density at radius 2 is 2.24 bits per heavy atom. The smallest absolute Gasteiger partial charge is 0.253 e. The predicted octanol–water partition coefficient (Wildman–Crippen LogP) is 2.13. The van der Waals surface area contributed by atoms with E-state index in [0.717, 1.165) is 9.35 Å². The van der Waals surface area contributed by atoms with Gasteiger partial charge < -0.3 is 10.3 Å². The zero-order valence-electron chi connectivity index (χ0n) is 8.70. The lowest BCUT2D eigenvalue weighted by molar-refractivity contribution is 0.0951. The van der Waals surface area contributed by atoms with Crippen molar-refractivity contribution in [1.29, 1.82) is 0 Å². The Morgan fingerprint density at radius 3 is 2.82 bits per heavy atom. The number of aromatic nitrogens is 1. The highest BCUT2D eigenvalue weighted by molar-refractivity contribution is 9.10. The van der Waals surface area contributed by atoms with Crippen molar-refractivity contribution in [2.24, 2.45) is 0 Å². The number of thiophene rings is 1. The zero-order chi connectivity index (χ0) is 12.3. The Labute approximate surface area is 110 Å². The summed E-state index contributed by atoms with van der Waals surface area (Å²) >= 11 is 4.96. The second kappa shape index (κ2) is 5.29. The summed E-state index contributed by atoms with van der Waals surface area (Å²) in [6.07, 6.45) is 1.40. The molecule has 17 heavy (non-hydrogen) atoms. The third-order valence-corrected chi connectivity index (χ3v) is 4.07. The average molecular weight is 313 g/mol. The fraction of sp³-hybridized carbons (Fsp3) is 0.0909. The highest BCUT2D eigenvalue weighted by Gasteiger charge is 2.07. The molecule has 0 fully saturated rings. The number of carbonyl (C=O) groups is 1. The Balaban J connectivity index is 2.00. The first-order valence-corrected chi connectivity index (χ1v) is 6.53. The molecule has 1 amide bonds. The summed E-state index contributed by atoms with van der Waals surface area (Å²) in [5.41, 5.74) is 0.222. The molecule has 2 heterocycles. The van der Waals surface area contributed by atoms with Gasteiger partial charge in [-0.15, -0.1) is 11.3 Å². The van der Waals surface area contributed by atoms with Crippen LogP contribution in [0.1, 0.15) is 15.2 Å². The molecule has 2 N–H and O–H groups in total. The standard InChI is InChI=1S/C11H9BrN2O2S/c12-8-3-4-17-9(8)6-14-11(16)7-1-2-10(15)13-5-7/h1-5H,6H2,(H,13,15)(H,14,16). The number of hydrogen-bond acceptors (Lipinski definition) is 3. The first-order chi connectivity index (χ1) is 8.16. The van der Waals surface area contributed by atoms with Gasteiger partial charge in [-0.3, -0.25) is 9.59 Å². The van der Waals surface area contributed by atoms with Gasteiger partial charge in [0.15, 0.2) is 0 Å². The lowest BCUT2D eigenvalue weighted by atomic mass is 10.2. The van der Waals surface area contributed by atoms with Crippen LogP contribution in [0, 0.1) is 0 Å². The van der Waals surface area contributed by atoms with Crippen LogP contribution in [0.2, 0.25) is 0 Å². The molecule has 0 spiro atoms. The highest BCUT2D eigenvalue weighted by atomic mass is 79.9. The fourth-order valence-corrected chi connectivity index (χ4v) is 2.70. The van der Waals surface area contributed by atoms with Crippen LogP contribution in [-0.2, 0) is 6.54 Å². The summed E-state index contributed by atoms with van der Waals surface area (Å²) in [5.74, 6) is -0.207. The summed E-state index contributed by atoms with van der Waals surface area (Å²) in [4.78, 5) is 26.1. The third kappa shape index (κ3) is 3.04. The largest absolute Gasteiger partial charge is 0.347 e. The molecular formula is C11H9BrN2O2S. The number of aromatic amines is 1. The summed E-state index contributed by atoms with van der Waals surface area (Å²) in [6, 6.07) is 4.76. The number of rotatable bonds is 3. The van der Waals surface area contributed by atoms with Gasteiger partial charge in [0.2, 0.25) is 5.56 Å². The molecule has 0 aliphatic carbocycles. The van der Waals surface area contributed by atoms with Gasteiger partial charge in [0.25, 0.3) is 5.91 Å². The highest BCUT2D eigenvalue weighted by Crippen LogP contribution is 2.22. The number of halogens is 1. The van der Waals surface area contributed by atoms with Gasteiger partial charge in [0, 0.05) is 21.6 Å². The van der Waals surface area contributed by atoms with Crippen LogP contribution >= 0.6 is 27.3 Å². The first kappa shape index (κ1) is 12.1. The number of pyridine rings is 1. The van der Waals surface area contributed by atoms with Crippen LogP contribution in [-0.4, -0.2) is 10.9 Å². The number of carbonyl (C=O) groups excluding carboxylic acids is 1. The summed E-state index contributed by atoms with van der Waals surface area (Å²) in [6.45, 7) is 0.468. The predicted molar refractivity (Wildman–Crippen MR) is 70.3 cm³/mol. The van der Waals surface area contributed by atoms with Gasteiger partial charge in [-0.1, -0.05) is 0 Å². The van der Waals surface area contributed by atoms with Crippen molar-refractivity contribution in [3.8, 4) is 0 Å². The summed E-state index contributed by atoms with van der Waals surface area (Å²) < 4.78 is 0.990. The van der Waals surface area contributed by atoms with Crippen LogP contribution in [0.3, 0.4) is 0 Å². The molecule has 0 atom stereocenters. The van der Waals surface area contributed by atoms with E-state index in [-0.39, 0.29) is 11.5 Å². The van der Waals surface area contributed by atoms with E-state index in [1.807, 2.05) is 11.4 Å². The minimum atomic E-state index is -0.220. The molecule has 0 saturated heterocycles. The van der Waals surface area contributed by atoms with Crippen LogP contribution in [0.4, 0.5) is 0 Å². The number of nitrogens with one attached hydrogen (secondary N) is 2. The van der Waals surface area contributed by atoms with E-state index >= 15 is 0 Å². The van der Waals surface area contributed by atoms with E-state index < -0.39 is 0 Å². The normalized spacial score (nSPS) is 10.2. The van der Waals surface area contributed by atoms with E-state index in [4.69, 9.17) is 0 Å². The lowest BCUT2D eigenvalue weighted by Crippen LogP contribution is -2.23. The average Bonchev–Trinajstić information content (AvgIpc) is 2.73. The molecule has 0 unspecified atom stereocenters. The molecule has 88 valence electrons. The van der Waals surface area contributed by atoms with Crippen molar-refractivity contribution in [2.75, 3.05) is 0 Å². The van der Waals surface area contributed by atoms with Crippen molar-refractivity contribution in [1.82, 2.24) is 10.3 Å². The maximum atomic E-state index is 11.7. The molecule has 0 radical (unpaired) electrons. The molecule has 0 aliphatic heterocycles. The SMILES string of the molecule is O=C(NCc1sccc1Br)c1ccc(=O)[nH]c1. The molecule has 0 bridgehead atoms. The van der Waals surface area contributed by atoms with Crippen molar-refractivity contribution in [2.45, 2.75) is 6.54 Å². The van der Waals surface area contributed by atoms with E-state index in [0.29, 0.717) is 12.1 Å². The van der Waals surface area contributed by atoms with Crippen molar-refractivity contribution >= 4 is 33.2 Å².